The second-order valence-electron chi connectivity index (χ2n) is 3.99. The molecule has 18 heavy (non-hydrogen) atoms. The Kier molecular flexibility index (Phi) is 5.38. The van der Waals surface area contributed by atoms with Crippen LogP contribution < -0.4 is 10.1 Å². The van der Waals surface area contributed by atoms with E-state index in [9.17, 15) is 10.1 Å². The van der Waals surface area contributed by atoms with Crippen molar-refractivity contribution in [2.24, 2.45) is 0 Å². The van der Waals surface area contributed by atoms with Crippen LogP contribution in [-0.2, 0) is 4.74 Å². The number of ether oxygens (including phenoxy) is 2. The summed E-state index contributed by atoms with van der Waals surface area (Å²) in [7, 11) is 1.52. The highest BCUT2D eigenvalue weighted by molar-refractivity contribution is 5.64. The van der Waals surface area contributed by atoms with E-state index in [-0.39, 0.29) is 11.8 Å². The fourth-order valence-electron chi connectivity index (χ4n) is 1.42. The summed E-state index contributed by atoms with van der Waals surface area (Å²) in [5.74, 6) is 0.577. The molecule has 6 heteroatoms. The van der Waals surface area contributed by atoms with Gasteiger partial charge in [-0.1, -0.05) is 0 Å². The van der Waals surface area contributed by atoms with Gasteiger partial charge in [-0.25, -0.2) is 0 Å². The normalized spacial score (nSPS) is 10.4. The molecular formula is C12H18N2O4. The fourth-order valence-corrected chi connectivity index (χ4v) is 1.42. The van der Waals surface area contributed by atoms with Crippen molar-refractivity contribution < 1.29 is 14.4 Å². The van der Waals surface area contributed by atoms with Crippen LogP contribution >= 0.6 is 0 Å². The Bertz CT molecular complexity index is 407. The Balaban J connectivity index is 2.69. The molecule has 1 aromatic rings. The Morgan fingerprint density at radius 2 is 2.17 bits per heavy atom. The molecule has 0 aliphatic heterocycles. The van der Waals surface area contributed by atoms with Gasteiger partial charge < -0.3 is 14.8 Å². The number of rotatable bonds is 7. The zero-order valence-electron chi connectivity index (χ0n) is 10.8. The van der Waals surface area contributed by atoms with Crippen molar-refractivity contribution in [3.63, 3.8) is 0 Å². The number of hydrogen-bond acceptors (Lipinski definition) is 5. The average Bonchev–Trinajstić information content (AvgIpc) is 2.33. The fraction of sp³-hybridized carbons (Fsp3) is 0.500. The zero-order valence-corrected chi connectivity index (χ0v) is 10.8. The predicted octanol–water partition coefficient (Wildman–Crippen LogP) is 2.44. The van der Waals surface area contributed by atoms with E-state index in [0.29, 0.717) is 24.6 Å². The number of hydrogen-bond donors (Lipinski definition) is 1. The number of nitrogens with zero attached hydrogens (tertiary/aromatic N) is 1. The molecule has 1 aromatic carbocycles. The standard InChI is InChI=1S/C12H18N2O4/c1-9(2)18-7-6-13-11-8-10(17-3)4-5-12(11)14(15)16/h4-5,8-9,13H,6-7H2,1-3H3. The summed E-state index contributed by atoms with van der Waals surface area (Å²) in [6.07, 6.45) is 0.145. The van der Waals surface area contributed by atoms with Gasteiger partial charge in [0.1, 0.15) is 11.4 Å². The van der Waals surface area contributed by atoms with Crippen molar-refractivity contribution in [3.8, 4) is 5.75 Å². The summed E-state index contributed by atoms with van der Waals surface area (Å²) in [6.45, 7) is 4.88. The predicted molar refractivity (Wildman–Crippen MR) is 69.2 cm³/mol. The first kappa shape index (κ1) is 14.2. The second-order valence-corrected chi connectivity index (χ2v) is 3.99. The molecule has 0 aliphatic rings. The Hall–Kier alpha value is -1.82. The molecule has 0 spiro atoms. The highest BCUT2D eigenvalue weighted by atomic mass is 16.6. The molecular weight excluding hydrogens is 236 g/mol. The van der Waals surface area contributed by atoms with Gasteiger partial charge >= 0.3 is 0 Å². The van der Waals surface area contributed by atoms with Gasteiger partial charge in [-0.2, -0.15) is 0 Å². The second kappa shape index (κ2) is 6.80. The topological polar surface area (TPSA) is 73.6 Å². The van der Waals surface area contributed by atoms with Crippen LogP contribution in [0.5, 0.6) is 5.75 Å². The molecule has 0 saturated heterocycles. The van der Waals surface area contributed by atoms with E-state index in [4.69, 9.17) is 9.47 Å². The molecule has 0 aromatic heterocycles. The first-order valence-corrected chi connectivity index (χ1v) is 5.72. The van der Waals surface area contributed by atoms with Gasteiger partial charge in [0.2, 0.25) is 0 Å². The number of nitro groups is 1. The van der Waals surface area contributed by atoms with E-state index in [1.165, 1.54) is 13.2 Å². The first-order valence-electron chi connectivity index (χ1n) is 5.72. The van der Waals surface area contributed by atoms with Crippen LogP contribution in [0.15, 0.2) is 18.2 Å². The van der Waals surface area contributed by atoms with Gasteiger partial charge in [0, 0.05) is 18.7 Å². The minimum atomic E-state index is -0.426. The molecule has 100 valence electrons. The zero-order chi connectivity index (χ0) is 13.5. The van der Waals surface area contributed by atoms with Crippen molar-refractivity contribution in [2.45, 2.75) is 20.0 Å². The maximum atomic E-state index is 10.9. The van der Waals surface area contributed by atoms with Crippen LogP contribution in [0.4, 0.5) is 11.4 Å². The third-order valence-corrected chi connectivity index (χ3v) is 2.27. The lowest BCUT2D eigenvalue weighted by Crippen LogP contribution is -2.13. The molecule has 0 radical (unpaired) electrons. The number of methoxy groups -OCH3 is 1. The Morgan fingerprint density at radius 1 is 1.44 bits per heavy atom. The van der Waals surface area contributed by atoms with E-state index < -0.39 is 4.92 Å². The van der Waals surface area contributed by atoms with Gasteiger partial charge in [-0.15, -0.1) is 0 Å². The third-order valence-electron chi connectivity index (χ3n) is 2.27. The number of benzene rings is 1. The van der Waals surface area contributed by atoms with Crippen molar-refractivity contribution in [3.05, 3.63) is 28.3 Å². The van der Waals surface area contributed by atoms with E-state index in [1.807, 2.05) is 13.8 Å². The van der Waals surface area contributed by atoms with Gasteiger partial charge in [-0.05, 0) is 19.9 Å². The smallest absolute Gasteiger partial charge is 0.292 e. The van der Waals surface area contributed by atoms with Crippen LogP contribution in [-0.4, -0.2) is 31.3 Å². The highest BCUT2D eigenvalue weighted by Gasteiger charge is 2.14. The minimum absolute atomic E-state index is 0.0281. The van der Waals surface area contributed by atoms with Crippen LogP contribution in [0.1, 0.15) is 13.8 Å². The third kappa shape index (κ3) is 4.21. The monoisotopic (exact) mass is 254 g/mol. The first-order chi connectivity index (χ1) is 8.54. The average molecular weight is 254 g/mol. The Labute approximate surface area is 106 Å². The summed E-state index contributed by atoms with van der Waals surface area (Å²) < 4.78 is 10.4. The maximum absolute atomic E-state index is 10.9. The van der Waals surface area contributed by atoms with Crippen LogP contribution in [0.3, 0.4) is 0 Å². The van der Waals surface area contributed by atoms with E-state index >= 15 is 0 Å². The van der Waals surface area contributed by atoms with Crippen LogP contribution in [0, 0.1) is 10.1 Å². The van der Waals surface area contributed by atoms with Crippen LogP contribution in [0.2, 0.25) is 0 Å². The van der Waals surface area contributed by atoms with E-state index in [1.54, 1.807) is 12.1 Å². The van der Waals surface area contributed by atoms with Crippen molar-refractivity contribution in [1.29, 1.82) is 0 Å². The summed E-state index contributed by atoms with van der Waals surface area (Å²) >= 11 is 0. The molecule has 6 nitrogen and oxygen atoms in total. The quantitative estimate of drug-likeness (QED) is 0.459. The van der Waals surface area contributed by atoms with Crippen molar-refractivity contribution >= 4 is 11.4 Å². The summed E-state index contributed by atoms with van der Waals surface area (Å²) in [5, 5.41) is 13.8. The molecule has 1 rings (SSSR count). The lowest BCUT2D eigenvalue weighted by molar-refractivity contribution is -0.384. The van der Waals surface area contributed by atoms with Gasteiger partial charge in [0.05, 0.1) is 24.7 Å². The van der Waals surface area contributed by atoms with Crippen molar-refractivity contribution in [2.75, 3.05) is 25.6 Å². The minimum Gasteiger partial charge on any atom is -0.497 e. The molecule has 0 fully saturated rings. The van der Waals surface area contributed by atoms with E-state index in [2.05, 4.69) is 5.32 Å². The Morgan fingerprint density at radius 3 is 2.72 bits per heavy atom. The largest absolute Gasteiger partial charge is 0.497 e. The van der Waals surface area contributed by atoms with Gasteiger partial charge in [0.25, 0.3) is 5.69 Å². The van der Waals surface area contributed by atoms with Gasteiger partial charge in [0.15, 0.2) is 0 Å². The maximum Gasteiger partial charge on any atom is 0.292 e. The lowest BCUT2D eigenvalue weighted by atomic mass is 10.2. The molecule has 0 amide bonds. The van der Waals surface area contributed by atoms with Gasteiger partial charge in [-0.3, -0.25) is 10.1 Å². The molecule has 0 bridgehead atoms. The molecule has 0 unspecified atom stereocenters. The van der Waals surface area contributed by atoms with Crippen LogP contribution in [0.25, 0.3) is 0 Å². The lowest BCUT2D eigenvalue weighted by Gasteiger charge is -2.10. The van der Waals surface area contributed by atoms with E-state index in [0.717, 1.165) is 0 Å². The summed E-state index contributed by atoms with van der Waals surface area (Å²) in [5.41, 5.74) is 0.465. The highest BCUT2D eigenvalue weighted by Crippen LogP contribution is 2.28. The number of anilines is 1. The molecule has 0 saturated carbocycles. The molecule has 0 aliphatic carbocycles. The van der Waals surface area contributed by atoms with Crippen molar-refractivity contribution in [1.82, 2.24) is 0 Å². The molecule has 1 N–H and O–H groups in total. The number of nitrogens with one attached hydrogen (secondary N) is 1. The summed E-state index contributed by atoms with van der Waals surface area (Å²) in [6, 6.07) is 4.59. The number of nitro benzene ring substituents is 1. The SMILES string of the molecule is COc1ccc([N+](=O)[O-])c(NCCOC(C)C)c1. The molecule has 0 atom stereocenters. The molecule has 0 heterocycles. The summed E-state index contributed by atoms with van der Waals surface area (Å²) in [4.78, 5) is 10.4.